The molecule has 6 heteroatoms. The molecule has 120 valence electrons. The van der Waals surface area contributed by atoms with Crippen LogP contribution in [-0.2, 0) is 4.79 Å². The van der Waals surface area contributed by atoms with Gasteiger partial charge < -0.3 is 16.0 Å². The Hall–Kier alpha value is -1.85. The van der Waals surface area contributed by atoms with Crippen LogP contribution in [0.2, 0.25) is 0 Å². The summed E-state index contributed by atoms with van der Waals surface area (Å²) in [5, 5.41) is 8.84. The average Bonchev–Trinajstić information content (AvgIpc) is 2.54. The number of amides is 2. The molecule has 0 saturated carbocycles. The fourth-order valence-electron chi connectivity index (χ4n) is 2.37. The molecular formula is C16H22ClN3O2. The zero-order valence-electron chi connectivity index (χ0n) is 12.4. The predicted octanol–water partition coefficient (Wildman–Crippen LogP) is 1.96. The van der Waals surface area contributed by atoms with Gasteiger partial charge in [0.1, 0.15) is 0 Å². The summed E-state index contributed by atoms with van der Waals surface area (Å²) in [6.07, 6.45) is 3.28. The molecule has 0 aliphatic carbocycles. The van der Waals surface area contributed by atoms with E-state index >= 15 is 0 Å². The van der Waals surface area contributed by atoms with Crippen molar-refractivity contribution in [3.63, 3.8) is 0 Å². The molecule has 1 heterocycles. The van der Waals surface area contributed by atoms with Crippen LogP contribution in [0.3, 0.4) is 0 Å². The summed E-state index contributed by atoms with van der Waals surface area (Å²) in [5.41, 5.74) is 1.03. The van der Waals surface area contributed by atoms with Crippen molar-refractivity contribution in [1.29, 1.82) is 0 Å². The average molecular weight is 324 g/mol. The monoisotopic (exact) mass is 323 g/mol. The Labute approximate surface area is 137 Å². The van der Waals surface area contributed by atoms with Crippen LogP contribution >= 0.6 is 12.4 Å². The van der Waals surface area contributed by atoms with E-state index in [1.807, 2.05) is 6.07 Å². The summed E-state index contributed by atoms with van der Waals surface area (Å²) in [5.74, 6) is -0.216. The first kappa shape index (κ1) is 18.2. The minimum atomic E-state index is -0.212. The lowest BCUT2D eigenvalue weighted by atomic mass is 9.97. The smallest absolute Gasteiger partial charge is 0.253 e. The van der Waals surface area contributed by atoms with Gasteiger partial charge in [0.05, 0.1) is 11.3 Å². The third-order valence-corrected chi connectivity index (χ3v) is 3.55. The van der Waals surface area contributed by atoms with Crippen molar-refractivity contribution in [3.8, 4) is 0 Å². The molecule has 22 heavy (non-hydrogen) atoms. The molecule has 1 aromatic carbocycles. The number of halogens is 1. The third-order valence-electron chi connectivity index (χ3n) is 3.55. The standard InChI is InChI=1S/C16H21N3O2.ClH/c1-2-9-18-16(21)13-5-3-4-6-14(13)19-15(20)12-7-10-17-11-8-12;/h2-6,12,17H,1,7-11H2,(H,18,21)(H,19,20);1H. The Balaban J connectivity index is 0.00000242. The van der Waals surface area contributed by atoms with Crippen molar-refractivity contribution in [3.05, 3.63) is 42.5 Å². The van der Waals surface area contributed by atoms with E-state index in [-0.39, 0.29) is 30.1 Å². The Morgan fingerprint density at radius 2 is 1.95 bits per heavy atom. The van der Waals surface area contributed by atoms with Crippen LogP contribution in [0, 0.1) is 5.92 Å². The summed E-state index contributed by atoms with van der Waals surface area (Å²) in [4.78, 5) is 24.3. The highest BCUT2D eigenvalue weighted by molar-refractivity contribution is 6.04. The van der Waals surface area contributed by atoms with Crippen molar-refractivity contribution in [2.24, 2.45) is 5.92 Å². The fourth-order valence-corrected chi connectivity index (χ4v) is 2.37. The molecule has 1 aromatic rings. The van der Waals surface area contributed by atoms with Gasteiger partial charge in [-0.1, -0.05) is 18.2 Å². The highest BCUT2D eigenvalue weighted by Gasteiger charge is 2.22. The lowest BCUT2D eigenvalue weighted by Gasteiger charge is -2.22. The van der Waals surface area contributed by atoms with Crippen LogP contribution in [0.4, 0.5) is 5.69 Å². The van der Waals surface area contributed by atoms with E-state index in [1.165, 1.54) is 0 Å². The second-order valence-electron chi connectivity index (χ2n) is 5.06. The van der Waals surface area contributed by atoms with Gasteiger partial charge in [-0.3, -0.25) is 9.59 Å². The van der Waals surface area contributed by atoms with Crippen LogP contribution in [-0.4, -0.2) is 31.4 Å². The number of piperidine rings is 1. The van der Waals surface area contributed by atoms with Crippen molar-refractivity contribution >= 4 is 29.9 Å². The lowest BCUT2D eigenvalue weighted by molar-refractivity contribution is -0.120. The molecular weight excluding hydrogens is 302 g/mol. The maximum Gasteiger partial charge on any atom is 0.253 e. The van der Waals surface area contributed by atoms with Crippen LogP contribution in [0.1, 0.15) is 23.2 Å². The highest BCUT2D eigenvalue weighted by atomic mass is 35.5. The second-order valence-corrected chi connectivity index (χ2v) is 5.06. The van der Waals surface area contributed by atoms with E-state index in [1.54, 1.807) is 24.3 Å². The molecule has 0 spiro atoms. The molecule has 0 bridgehead atoms. The van der Waals surface area contributed by atoms with Gasteiger partial charge in [-0.25, -0.2) is 0 Å². The summed E-state index contributed by atoms with van der Waals surface area (Å²) in [6.45, 7) is 5.69. The van der Waals surface area contributed by atoms with Crippen LogP contribution < -0.4 is 16.0 Å². The number of hydrogen-bond acceptors (Lipinski definition) is 3. The van der Waals surface area contributed by atoms with Gasteiger partial charge in [-0.05, 0) is 38.1 Å². The molecule has 0 unspecified atom stereocenters. The quantitative estimate of drug-likeness (QED) is 0.725. The minimum absolute atomic E-state index is 0. The van der Waals surface area contributed by atoms with Crippen molar-refractivity contribution in [2.75, 3.05) is 25.0 Å². The topological polar surface area (TPSA) is 70.2 Å². The molecule has 2 rings (SSSR count). The first-order valence-corrected chi connectivity index (χ1v) is 7.22. The molecule has 1 saturated heterocycles. The van der Waals surface area contributed by atoms with E-state index in [9.17, 15) is 9.59 Å². The van der Waals surface area contributed by atoms with Gasteiger partial charge in [0.2, 0.25) is 5.91 Å². The minimum Gasteiger partial charge on any atom is -0.349 e. The number of para-hydroxylation sites is 1. The van der Waals surface area contributed by atoms with Gasteiger partial charge in [-0.15, -0.1) is 19.0 Å². The summed E-state index contributed by atoms with van der Waals surface area (Å²) in [6, 6.07) is 7.05. The highest BCUT2D eigenvalue weighted by Crippen LogP contribution is 2.19. The van der Waals surface area contributed by atoms with Crippen molar-refractivity contribution in [2.45, 2.75) is 12.8 Å². The first-order chi connectivity index (χ1) is 10.2. The maximum absolute atomic E-state index is 12.3. The van der Waals surface area contributed by atoms with E-state index in [2.05, 4.69) is 22.5 Å². The maximum atomic E-state index is 12.3. The van der Waals surface area contributed by atoms with E-state index in [0.29, 0.717) is 17.8 Å². The van der Waals surface area contributed by atoms with Gasteiger partial charge in [-0.2, -0.15) is 0 Å². The molecule has 1 aliphatic heterocycles. The van der Waals surface area contributed by atoms with Crippen molar-refractivity contribution in [1.82, 2.24) is 10.6 Å². The van der Waals surface area contributed by atoms with Gasteiger partial charge in [0, 0.05) is 12.5 Å². The summed E-state index contributed by atoms with van der Waals surface area (Å²) in [7, 11) is 0. The Morgan fingerprint density at radius 3 is 2.64 bits per heavy atom. The fraction of sp³-hybridized carbons (Fsp3) is 0.375. The largest absolute Gasteiger partial charge is 0.349 e. The summed E-state index contributed by atoms with van der Waals surface area (Å²) < 4.78 is 0. The zero-order valence-corrected chi connectivity index (χ0v) is 13.2. The molecule has 1 aliphatic rings. The Bertz CT molecular complexity index is 528. The van der Waals surface area contributed by atoms with Gasteiger partial charge in [0.15, 0.2) is 0 Å². The number of benzene rings is 1. The molecule has 2 amide bonds. The second kappa shape index (κ2) is 9.23. The number of rotatable bonds is 5. The van der Waals surface area contributed by atoms with Crippen LogP contribution in [0.15, 0.2) is 36.9 Å². The molecule has 1 fully saturated rings. The SMILES string of the molecule is C=CCNC(=O)c1ccccc1NC(=O)C1CCNCC1.Cl. The van der Waals surface area contributed by atoms with Gasteiger partial charge in [0.25, 0.3) is 5.91 Å². The number of carbonyl (C=O) groups excluding carboxylic acids is 2. The molecule has 0 atom stereocenters. The van der Waals surface area contributed by atoms with E-state index < -0.39 is 0 Å². The number of carbonyl (C=O) groups is 2. The Morgan fingerprint density at radius 1 is 1.27 bits per heavy atom. The molecule has 0 aromatic heterocycles. The number of hydrogen-bond donors (Lipinski definition) is 3. The molecule has 3 N–H and O–H groups in total. The van der Waals surface area contributed by atoms with Crippen LogP contribution in [0.25, 0.3) is 0 Å². The van der Waals surface area contributed by atoms with Gasteiger partial charge >= 0.3 is 0 Å². The van der Waals surface area contributed by atoms with Crippen molar-refractivity contribution < 1.29 is 9.59 Å². The zero-order chi connectivity index (χ0) is 15.1. The Kier molecular flexibility index (Phi) is 7.63. The first-order valence-electron chi connectivity index (χ1n) is 7.22. The third kappa shape index (κ3) is 4.86. The van der Waals surface area contributed by atoms with E-state index in [4.69, 9.17) is 0 Å². The number of nitrogens with one attached hydrogen (secondary N) is 3. The van der Waals surface area contributed by atoms with Crippen LogP contribution in [0.5, 0.6) is 0 Å². The summed E-state index contributed by atoms with van der Waals surface area (Å²) >= 11 is 0. The number of anilines is 1. The lowest BCUT2D eigenvalue weighted by Crippen LogP contribution is -2.35. The predicted molar refractivity (Wildman–Crippen MR) is 90.4 cm³/mol. The molecule has 0 radical (unpaired) electrons. The molecule has 5 nitrogen and oxygen atoms in total. The van der Waals surface area contributed by atoms with E-state index in [0.717, 1.165) is 25.9 Å². The normalized spacial score (nSPS) is 14.5.